The molecule has 0 unspecified atom stereocenters. The largest absolute Gasteiger partial charge is 0.406 e. The molecule has 7 heteroatoms. The lowest BCUT2D eigenvalue weighted by Gasteiger charge is -2.10. The topological polar surface area (TPSA) is 30.7 Å². The van der Waals surface area contributed by atoms with Crippen LogP contribution in [0.4, 0.5) is 13.2 Å². The van der Waals surface area contributed by atoms with Gasteiger partial charge in [0.05, 0.1) is 0 Å². The highest BCUT2D eigenvalue weighted by molar-refractivity contribution is 6.17. The average molecular weight is 278 g/mol. The zero-order chi connectivity index (χ0) is 13.3. The molecule has 0 fully saturated rings. The summed E-state index contributed by atoms with van der Waals surface area (Å²) < 4.78 is 38.8. The number of halogens is 4. The second-order valence-electron chi connectivity index (χ2n) is 3.97. The molecule has 0 aliphatic rings. The molecule has 0 saturated heterocycles. The van der Waals surface area contributed by atoms with Crippen LogP contribution < -0.4 is 0 Å². The van der Waals surface area contributed by atoms with E-state index >= 15 is 0 Å². The van der Waals surface area contributed by atoms with Gasteiger partial charge in [-0.2, -0.15) is 13.2 Å². The smallest absolute Gasteiger partial charge is 0.303 e. The van der Waals surface area contributed by atoms with Crippen molar-refractivity contribution >= 4 is 22.8 Å². The first kappa shape index (κ1) is 13.1. The number of imidazole rings is 1. The Morgan fingerprint density at radius 3 is 2.72 bits per heavy atom. The maximum atomic E-state index is 12.6. The fourth-order valence-corrected chi connectivity index (χ4v) is 1.97. The van der Waals surface area contributed by atoms with Crippen LogP contribution in [0, 0.1) is 6.92 Å². The number of pyridine rings is 1. The van der Waals surface area contributed by atoms with Crippen molar-refractivity contribution in [3.8, 4) is 0 Å². The summed E-state index contributed by atoms with van der Waals surface area (Å²) in [5.74, 6) is 0.541. The van der Waals surface area contributed by atoms with Gasteiger partial charge in [-0.05, 0) is 18.6 Å². The first-order chi connectivity index (χ1) is 8.42. The third-order valence-corrected chi connectivity index (χ3v) is 2.76. The van der Waals surface area contributed by atoms with Gasteiger partial charge >= 0.3 is 6.18 Å². The monoisotopic (exact) mass is 277 g/mol. The van der Waals surface area contributed by atoms with Crippen molar-refractivity contribution in [2.24, 2.45) is 0 Å². The van der Waals surface area contributed by atoms with Gasteiger partial charge in [-0.3, -0.25) is 0 Å². The van der Waals surface area contributed by atoms with Gasteiger partial charge in [-0.1, -0.05) is 0 Å². The van der Waals surface area contributed by atoms with E-state index in [-0.39, 0.29) is 17.9 Å². The van der Waals surface area contributed by atoms with E-state index < -0.39 is 12.7 Å². The maximum Gasteiger partial charge on any atom is 0.406 e. The molecule has 0 aromatic carbocycles. The SMILES string of the molecule is Cc1ccnc2c1nc(CCCl)n2CC(F)(F)F. The highest BCUT2D eigenvalue weighted by Gasteiger charge is 2.30. The molecule has 2 aromatic heterocycles. The van der Waals surface area contributed by atoms with Crippen LogP contribution in [-0.4, -0.2) is 26.6 Å². The van der Waals surface area contributed by atoms with Gasteiger partial charge in [-0.15, -0.1) is 11.6 Å². The van der Waals surface area contributed by atoms with Crippen LogP contribution in [0.5, 0.6) is 0 Å². The third kappa shape index (κ3) is 2.58. The first-order valence-electron chi connectivity index (χ1n) is 5.36. The van der Waals surface area contributed by atoms with Gasteiger partial charge in [-0.25, -0.2) is 9.97 Å². The van der Waals surface area contributed by atoms with Gasteiger partial charge in [0, 0.05) is 18.5 Å². The molecule has 0 atom stereocenters. The molecule has 0 amide bonds. The molecule has 0 radical (unpaired) electrons. The molecular formula is C11H11ClF3N3. The van der Waals surface area contributed by atoms with Crippen molar-refractivity contribution in [3.63, 3.8) is 0 Å². The number of fused-ring (bicyclic) bond motifs is 1. The van der Waals surface area contributed by atoms with E-state index in [4.69, 9.17) is 11.6 Å². The normalized spacial score (nSPS) is 12.3. The van der Waals surface area contributed by atoms with Crippen molar-refractivity contribution < 1.29 is 13.2 Å². The second-order valence-corrected chi connectivity index (χ2v) is 4.35. The fraction of sp³-hybridized carbons (Fsp3) is 0.455. The Bertz CT molecular complexity index is 562. The Morgan fingerprint density at radius 1 is 1.39 bits per heavy atom. The Morgan fingerprint density at radius 2 is 2.11 bits per heavy atom. The lowest BCUT2D eigenvalue weighted by molar-refractivity contribution is -0.140. The molecular weight excluding hydrogens is 267 g/mol. The summed E-state index contributed by atoms with van der Waals surface area (Å²) in [5, 5.41) is 0. The number of aromatic nitrogens is 3. The molecule has 3 nitrogen and oxygen atoms in total. The van der Waals surface area contributed by atoms with E-state index in [1.807, 2.05) is 0 Å². The van der Waals surface area contributed by atoms with Gasteiger partial charge in [0.2, 0.25) is 0 Å². The van der Waals surface area contributed by atoms with Crippen molar-refractivity contribution in [3.05, 3.63) is 23.7 Å². The lowest BCUT2D eigenvalue weighted by atomic mass is 10.3. The summed E-state index contributed by atoms with van der Waals surface area (Å²) in [5.41, 5.74) is 1.56. The average Bonchev–Trinajstić information content (AvgIpc) is 2.58. The van der Waals surface area contributed by atoms with Crippen molar-refractivity contribution in [1.29, 1.82) is 0 Å². The second kappa shape index (κ2) is 4.76. The molecule has 2 aromatic rings. The van der Waals surface area contributed by atoms with Crippen LogP contribution in [0.15, 0.2) is 12.3 Å². The fourth-order valence-electron chi connectivity index (χ4n) is 1.80. The maximum absolute atomic E-state index is 12.6. The van der Waals surface area contributed by atoms with Gasteiger partial charge in [0.25, 0.3) is 0 Å². The number of aryl methyl sites for hydroxylation is 2. The van der Waals surface area contributed by atoms with Crippen LogP contribution in [0.25, 0.3) is 11.2 Å². The lowest BCUT2D eigenvalue weighted by Crippen LogP contribution is -2.20. The van der Waals surface area contributed by atoms with Gasteiger partial charge < -0.3 is 4.57 Å². The van der Waals surface area contributed by atoms with Crippen LogP contribution in [-0.2, 0) is 13.0 Å². The summed E-state index contributed by atoms with van der Waals surface area (Å²) in [6.45, 7) is 0.700. The van der Waals surface area contributed by atoms with Crippen LogP contribution in [0.3, 0.4) is 0 Å². The minimum atomic E-state index is -4.31. The number of hydrogen-bond donors (Lipinski definition) is 0. The predicted octanol–water partition coefficient (Wildman–Crippen LogP) is 3.08. The quantitative estimate of drug-likeness (QED) is 0.807. The van der Waals surface area contributed by atoms with E-state index in [9.17, 15) is 13.2 Å². The Balaban J connectivity index is 2.59. The highest BCUT2D eigenvalue weighted by atomic mass is 35.5. The zero-order valence-electron chi connectivity index (χ0n) is 9.63. The molecule has 0 aliphatic carbocycles. The number of hydrogen-bond acceptors (Lipinski definition) is 2. The number of nitrogens with zero attached hydrogens (tertiary/aromatic N) is 3. The Kier molecular flexibility index (Phi) is 3.47. The Hall–Kier alpha value is -1.30. The van der Waals surface area contributed by atoms with E-state index in [2.05, 4.69) is 9.97 Å². The molecule has 2 heterocycles. The zero-order valence-corrected chi connectivity index (χ0v) is 10.4. The molecule has 2 rings (SSSR count). The molecule has 0 N–H and O–H groups in total. The molecule has 18 heavy (non-hydrogen) atoms. The van der Waals surface area contributed by atoms with Crippen molar-refractivity contribution in [2.45, 2.75) is 26.1 Å². The number of rotatable bonds is 3. The van der Waals surface area contributed by atoms with Crippen molar-refractivity contribution in [1.82, 2.24) is 14.5 Å². The summed E-state index contributed by atoms with van der Waals surface area (Å²) >= 11 is 5.59. The van der Waals surface area contributed by atoms with Gasteiger partial charge in [0.1, 0.15) is 17.9 Å². The summed E-state index contributed by atoms with van der Waals surface area (Å²) in [4.78, 5) is 8.19. The molecule has 0 bridgehead atoms. The minimum Gasteiger partial charge on any atom is -0.303 e. The molecule has 98 valence electrons. The third-order valence-electron chi connectivity index (χ3n) is 2.57. The number of alkyl halides is 4. The summed E-state index contributed by atoms with van der Waals surface area (Å²) in [6.07, 6.45) is -2.54. The molecule has 0 saturated carbocycles. The first-order valence-corrected chi connectivity index (χ1v) is 5.89. The molecule has 0 spiro atoms. The van der Waals surface area contributed by atoms with E-state index in [0.29, 0.717) is 11.3 Å². The Labute approximate surface area is 107 Å². The van der Waals surface area contributed by atoms with E-state index in [1.54, 1.807) is 13.0 Å². The van der Waals surface area contributed by atoms with Crippen LogP contribution in [0.1, 0.15) is 11.4 Å². The van der Waals surface area contributed by atoms with E-state index in [1.165, 1.54) is 6.20 Å². The van der Waals surface area contributed by atoms with Crippen LogP contribution >= 0.6 is 11.6 Å². The van der Waals surface area contributed by atoms with Crippen molar-refractivity contribution in [2.75, 3.05) is 5.88 Å². The van der Waals surface area contributed by atoms with Gasteiger partial charge in [0.15, 0.2) is 5.65 Å². The minimum absolute atomic E-state index is 0.222. The predicted molar refractivity (Wildman–Crippen MR) is 62.7 cm³/mol. The summed E-state index contributed by atoms with van der Waals surface area (Å²) in [7, 11) is 0. The molecule has 0 aliphatic heterocycles. The standard InChI is InChI=1S/C11H11ClF3N3/c1-7-3-5-16-10-9(7)17-8(2-4-12)18(10)6-11(13,14)15/h3,5H,2,4,6H2,1H3. The van der Waals surface area contributed by atoms with E-state index in [0.717, 1.165) is 10.1 Å². The van der Waals surface area contributed by atoms with Crippen LogP contribution in [0.2, 0.25) is 0 Å². The summed E-state index contributed by atoms with van der Waals surface area (Å²) in [6, 6.07) is 1.72. The highest BCUT2D eigenvalue weighted by Crippen LogP contribution is 2.24.